The molecular formula is C13H21BrIN3S. The third-order valence-corrected chi connectivity index (χ3v) is 4.86. The molecule has 1 aromatic heterocycles. The summed E-state index contributed by atoms with van der Waals surface area (Å²) in [6.45, 7) is 7.66. The molecular weight excluding hydrogens is 437 g/mol. The molecule has 0 atom stereocenters. The lowest BCUT2D eigenvalue weighted by molar-refractivity contribution is 0.370. The summed E-state index contributed by atoms with van der Waals surface area (Å²) < 4.78 is 1.18. The number of thiophene rings is 1. The zero-order chi connectivity index (χ0) is 13.2. The highest BCUT2D eigenvalue weighted by molar-refractivity contribution is 14.0. The summed E-state index contributed by atoms with van der Waals surface area (Å²) >= 11 is 5.25. The van der Waals surface area contributed by atoms with Crippen molar-refractivity contribution in [1.29, 1.82) is 0 Å². The predicted octanol–water partition coefficient (Wildman–Crippen LogP) is 3.94. The maximum atomic E-state index is 4.38. The van der Waals surface area contributed by atoms with Crippen molar-refractivity contribution in [2.24, 2.45) is 10.4 Å². The summed E-state index contributed by atoms with van der Waals surface area (Å²) in [5.74, 6) is 1.02. The smallest absolute Gasteiger partial charge is 0.193 e. The fourth-order valence-corrected chi connectivity index (χ4v) is 3.66. The third kappa shape index (κ3) is 4.90. The maximum absolute atomic E-state index is 4.38. The first-order valence-corrected chi connectivity index (χ1v) is 7.81. The minimum absolute atomic E-state index is 0. The van der Waals surface area contributed by atoms with Crippen LogP contribution in [0.2, 0.25) is 0 Å². The van der Waals surface area contributed by atoms with Crippen molar-refractivity contribution in [3.05, 3.63) is 20.8 Å². The predicted molar refractivity (Wildman–Crippen MR) is 97.6 cm³/mol. The first-order chi connectivity index (χ1) is 8.50. The molecule has 0 bridgehead atoms. The number of aliphatic imine (C=N–C) groups is 1. The van der Waals surface area contributed by atoms with E-state index in [4.69, 9.17) is 0 Å². The quantitative estimate of drug-likeness (QED) is 0.413. The number of hydrogen-bond donors (Lipinski definition) is 1. The van der Waals surface area contributed by atoms with Gasteiger partial charge in [0, 0.05) is 25.0 Å². The zero-order valence-electron chi connectivity index (χ0n) is 11.6. The molecule has 0 unspecified atom stereocenters. The molecule has 6 heteroatoms. The van der Waals surface area contributed by atoms with Crippen LogP contribution < -0.4 is 5.32 Å². The second kappa shape index (κ2) is 7.26. The summed E-state index contributed by atoms with van der Waals surface area (Å²) in [7, 11) is 1.86. The molecule has 1 fully saturated rings. The van der Waals surface area contributed by atoms with Crippen molar-refractivity contribution in [2.45, 2.75) is 26.8 Å². The van der Waals surface area contributed by atoms with E-state index in [0.29, 0.717) is 5.41 Å². The van der Waals surface area contributed by atoms with Crippen LogP contribution in [-0.2, 0) is 6.54 Å². The summed E-state index contributed by atoms with van der Waals surface area (Å²) in [5.41, 5.74) is 0.406. The molecule has 108 valence electrons. The summed E-state index contributed by atoms with van der Waals surface area (Å²) in [6.07, 6.45) is 1.23. The van der Waals surface area contributed by atoms with E-state index in [1.165, 1.54) is 15.1 Å². The fraction of sp³-hybridized carbons (Fsp3) is 0.615. The van der Waals surface area contributed by atoms with Gasteiger partial charge in [-0.3, -0.25) is 4.99 Å². The van der Waals surface area contributed by atoms with Crippen LogP contribution in [0.4, 0.5) is 0 Å². The average Bonchev–Trinajstić information content (AvgIpc) is 2.86. The van der Waals surface area contributed by atoms with Gasteiger partial charge in [-0.25, -0.2) is 0 Å². The molecule has 19 heavy (non-hydrogen) atoms. The first-order valence-electron chi connectivity index (χ1n) is 6.20. The summed E-state index contributed by atoms with van der Waals surface area (Å²) in [6, 6.07) is 4.23. The number of rotatable bonds is 2. The van der Waals surface area contributed by atoms with Crippen LogP contribution in [0.15, 0.2) is 20.9 Å². The lowest BCUT2D eigenvalue weighted by Gasteiger charge is -2.23. The van der Waals surface area contributed by atoms with Crippen LogP contribution in [-0.4, -0.2) is 31.0 Å². The van der Waals surface area contributed by atoms with Crippen molar-refractivity contribution in [3.8, 4) is 0 Å². The largest absolute Gasteiger partial charge is 0.351 e. The van der Waals surface area contributed by atoms with Gasteiger partial charge < -0.3 is 10.2 Å². The molecule has 2 heterocycles. The summed E-state index contributed by atoms with van der Waals surface area (Å²) in [4.78, 5) is 8.05. The number of nitrogens with zero attached hydrogens (tertiary/aromatic N) is 2. The van der Waals surface area contributed by atoms with E-state index >= 15 is 0 Å². The minimum atomic E-state index is 0. The van der Waals surface area contributed by atoms with Gasteiger partial charge in [0.25, 0.3) is 0 Å². The van der Waals surface area contributed by atoms with Gasteiger partial charge >= 0.3 is 0 Å². The van der Waals surface area contributed by atoms with E-state index in [-0.39, 0.29) is 24.0 Å². The molecule has 0 saturated carbocycles. The van der Waals surface area contributed by atoms with Gasteiger partial charge in [-0.1, -0.05) is 13.8 Å². The van der Waals surface area contributed by atoms with Crippen molar-refractivity contribution in [3.63, 3.8) is 0 Å². The molecule has 1 saturated heterocycles. The number of likely N-dealkylation sites (tertiary alicyclic amines) is 1. The lowest BCUT2D eigenvalue weighted by atomic mass is 9.93. The van der Waals surface area contributed by atoms with E-state index < -0.39 is 0 Å². The molecule has 3 nitrogen and oxygen atoms in total. The van der Waals surface area contributed by atoms with E-state index in [2.05, 4.69) is 57.1 Å². The molecule has 0 radical (unpaired) electrons. The van der Waals surface area contributed by atoms with Crippen LogP contribution in [0.5, 0.6) is 0 Å². The average molecular weight is 458 g/mol. The van der Waals surface area contributed by atoms with Gasteiger partial charge in [0.2, 0.25) is 0 Å². The number of nitrogens with one attached hydrogen (secondary N) is 1. The number of hydrogen-bond acceptors (Lipinski definition) is 2. The zero-order valence-corrected chi connectivity index (χ0v) is 16.3. The van der Waals surface area contributed by atoms with Gasteiger partial charge in [0.15, 0.2) is 5.96 Å². The summed E-state index contributed by atoms with van der Waals surface area (Å²) in [5, 5.41) is 3.44. The van der Waals surface area contributed by atoms with Gasteiger partial charge in [0.05, 0.1) is 10.3 Å². The van der Waals surface area contributed by atoms with Crippen LogP contribution in [0.25, 0.3) is 0 Å². The number of guanidine groups is 1. The van der Waals surface area contributed by atoms with E-state index in [0.717, 1.165) is 25.6 Å². The Bertz CT molecular complexity index is 445. The van der Waals surface area contributed by atoms with Crippen molar-refractivity contribution >= 4 is 57.2 Å². The van der Waals surface area contributed by atoms with Gasteiger partial charge in [-0.05, 0) is 39.9 Å². The van der Waals surface area contributed by atoms with Crippen LogP contribution in [0.3, 0.4) is 0 Å². The molecule has 0 aromatic carbocycles. The van der Waals surface area contributed by atoms with E-state index in [9.17, 15) is 0 Å². The van der Waals surface area contributed by atoms with Gasteiger partial charge in [0.1, 0.15) is 0 Å². The Hall–Kier alpha value is 0.180. The van der Waals surface area contributed by atoms with Crippen molar-refractivity contribution in [1.82, 2.24) is 10.2 Å². The maximum Gasteiger partial charge on any atom is 0.193 e. The highest BCUT2D eigenvalue weighted by Crippen LogP contribution is 2.28. The highest BCUT2D eigenvalue weighted by atomic mass is 127. The Balaban J connectivity index is 0.00000180. The van der Waals surface area contributed by atoms with E-state index in [1.807, 2.05) is 7.05 Å². The van der Waals surface area contributed by atoms with Gasteiger partial charge in [-0.15, -0.1) is 35.3 Å². The normalized spacial score (nSPS) is 18.3. The Kier molecular flexibility index (Phi) is 6.59. The Morgan fingerprint density at radius 1 is 1.53 bits per heavy atom. The van der Waals surface area contributed by atoms with Crippen molar-refractivity contribution < 1.29 is 0 Å². The van der Waals surface area contributed by atoms with Crippen LogP contribution in [0, 0.1) is 5.41 Å². The molecule has 1 aliphatic rings. The molecule has 1 aliphatic heterocycles. The minimum Gasteiger partial charge on any atom is -0.351 e. The highest BCUT2D eigenvalue weighted by Gasteiger charge is 2.30. The third-order valence-electron chi connectivity index (χ3n) is 3.24. The second-order valence-electron chi connectivity index (χ2n) is 5.44. The molecule has 0 spiro atoms. The SMILES string of the molecule is CN=C(NCc1ccc(Br)s1)N1CCC(C)(C)C1.I. The van der Waals surface area contributed by atoms with Crippen LogP contribution >= 0.6 is 51.2 Å². The molecule has 0 amide bonds. The molecule has 1 N–H and O–H groups in total. The standard InChI is InChI=1S/C13H20BrN3S.HI/c1-13(2)6-7-17(9-13)12(15-3)16-8-10-4-5-11(14)18-10;/h4-5H,6-9H2,1-3H3,(H,15,16);1H. The molecule has 1 aromatic rings. The monoisotopic (exact) mass is 457 g/mol. The van der Waals surface area contributed by atoms with Crippen LogP contribution in [0.1, 0.15) is 25.1 Å². The molecule has 0 aliphatic carbocycles. The lowest BCUT2D eigenvalue weighted by Crippen LogP contribution is -2.40. The second-order valence-corrected chi connectivity index (χ2v) is 7.99. The Morgan fingerprint density at radius 3 is 2.74 bits per heavy atom. The van der Waals surface area contributed by atoms with Crippen molar-refractivity contribution in [2.75, 3.05) is 20.1 Å². The Labute approximate surface area is 145 Å². The first kappa shape index (κ1) is 17.2. The molecule has 2 rings (SSSR count). The topological polar surface area (TPSA) is 27.6 Å². The fourth-order valence-electron chi connectivity index (χ4n) is 2.24. The van der Waals surface area contributed by atoms with E-state index in [1.54, 1.807) is 11.3 Å². The number of halogens is 2. The Morgan fingerprint density at radius 2 is 2.26 bits per heavy atom. The van der Waals surface area contributed by atoms with Gasteiger partial charge in [-0.2, -0.15) is 0 Å².